The molecule has 0 saturated carbocycles. The van der Waals surface area contributed by atoms with Gasteiger partial charge in [0.25, 0.3) is 0 Å². The van der Waals surface area contributed by atoms with E-state index in [4.69, 9.17) is 1.37 Å². The molecule has 1 unspecified atom stereocenters. The van der Waals surface area contributed by atoms with Crippen LogP contribution in [0.2, 0.25) is 0 Å². The largest absolute Gasteiger partial charge is 0.0708 e. The Morgan fingerprint density at radius 2 is 1.45 bits per heavy atom. The first-order chi connectivity index (χ1) is 5.66. The maximum Gasteiger partial charge on any atom is 0.0708 e. The van der Waals surface area contributed by atoms with E-state index in [2.05, 4.69) is 27.7 Å². The van der Waals surface area contributed by atoms with Crippen LogP contribution in [0.5, 0.6) is 0 Å². The molecule has 0 aliphatic carbocycles. The normalized spacial score (nSPS) is 16.2. The second kappa shape index (κ2) is 6.00. The highest BCUT2D eigenvalue weighted by Gasteiger charge is 2.29. The monoisotopic (exact) mass is 176 g/mol. The van der Waals surface area contributed by atoms with Crippen LogP contribution in [0.4, 0.5) is 0 Å². The Morgan fingerprint density at radius 1 is 1.00 bits per heavy atom. The first-order valence-corrected chi connectivity index (χ1v) is 7.36. The fourth-order valence-corrected chi connectivity index (χ4v) is 4.38. The van der Waals surface area contributed by atoms with Crippen molar-refractivity contribution in [1.29, 1.82) is 0 Å². The first-order valence-electron chi connectivity index (χ1n) is 5.52. The van der Waals surface area contributed by atoms with Crippen molar-refractivity contribution in [3.05, 3.63) is 0 Å². The van der Waals surface area contributed by atoms with Gasteiger partial charge in [0.1, 0.15) is 0 Å². The molecule has 1 heteroatoms. The van der Waals surface area contributed by atoms with Gasteiger partial charge in [0.05, 0.1) is 26.0 Å². The minimum atomic E-state index is -0.880. The minimum Gasteiger partial charge on any atom is -0.0652 e. The molecule has 0 bridgehead atoms. The van der Waals surface area contributed by atoms with Gasteiger partial charge in [0, 0.05) is 7.26 Å². The number of hydrogen-bond acceptors (Lipinski definition) is 0. The van der Waals surface area contributed by atoms with Crippen LogP contribution in [-0.2, 0) is 0 Å². The highest BCUT2D eigenvalue weighted by molar-refractivity contribution is 7.75. The smallest absolute Gasteiger partial charge is 0.0652 e. The van der Waals surface area contributed by atoms with Crippen molar-refractivity contribution in [3.63, 3.8) is 0 Å². The summed E-state index contributed by atoms with van der Waals surface area (Å²) in [4.78, 5) is 0. The summed E-state index contributed by atoms with van der Waals surface area (Å²) in [5.41, 5.74) is 0. The summed E-state index contributed by atoms with van der Waals surface area (Å²) in [6.45, 7) is 9.02. The molecule has 0 spiro atoms. The Kier molecular flexibility index (Phi) is 5.19. The lowest BCUT2D eigenvalue weighted by Crippen LogP contribution is -2.06. The zero-order chi connectivity index (χ0) is 9.61. The predicted octanol–water partition coefficient (Wildman–Crippen LogP) is 3.86. The van der Waals surface area contributed by atoms with Crippen LogP contribution in [0, 0.1) is 0 Å². The van der Waals surface area contributed by atoms with Gasteiger partial charge in [-0.05, 0) is 27.2 Å². The average molecular weight is 176 g/mol. The van der Waals surface area contributed by atoms with E-state index in [1.54, 1.807) is 0 Å². The van der Waals surface area contributed by atoms with Gasteiger partial charge >= 0.3 is 0 Å². The van der Waals surface area contributed by atoms with Gasteiger partial charge in [-0.2, -0.15) is 0 Å². The molecule has 0 amide bonds. The Morgan fingerprint density at radius 3 is 1.73 bits per heavy atom. The molecule has 0 aromatic heterocycles. The molecule has 0 aromatic rings. The molecule has 0 fully saturated rings. The van der Waals surface area contributed by atoms with Gasteiger partial charge in [-0.1, -0.05) is 13.3 Å². The molecule has 0 aromatic carbocycles. The lowest BCUT2D eigenvalue weighted by molar-refractivity contribution is 0.882. The summed E-state index contributed by atoms with van der Waals surface area (Å²) in [6.07, 6.45) is 6.37. The van der Waals surface area contributed by atoms with Crippen molar-refractivity contribution < 1.29 is 1.37 Å². The lowest BCUT2D eigenvalue weighted by Gasteiger charge is -2.23. The van der Waals surface area contributed by atoms with E-state index in [1.807, 2.05) is 0 Å². The maximum absolute atomic E-state index is 8.13. The van der Waals surface area contributed by atoms with E-state index >= 15 is 0 Å². The third kappa shape index (κ3) is 3.56. The highest BCUT2D eigenvalue weighted by atomic mass is 31.2. The third-order valence-corrected chi connectivity index (χ3v) is 7.51. The average Bonchev–Trinajstić information content (AvgIpc) is 2.09. The van der Waals surface area contributed by atoms with Crippen LogP contribution >= 0.6 is 7.26 Å². The molecule has 0 aliphatic heterocycles. The van der Waals surface area contributed by atoms with Crippen molar-refractivity contribution in [1.82, 2.24) is 0 Å². The summed E-state index contributed by atoms with van der Waals surface area (Å²) in [7, 11) is -0.880. The Bertz CT molecular complexity index is 102. The van der Waals surface area contributed by atoms with E-state index in [-0.39, 0.29) is 6.14 Å². The minimum absolute atomic E-state index is 0.266. The van der Waals surface area contributed by atoms with Gasteiger partial charge in [-0.15, -0.1) is 0 Å². The summed E-state index contributed by atoms with van der Waals surface area (Å²) in [5.74, 6) is 0. The SMILES string of the molecule is [2H]C(CCC)[P+](CC)(CC)CC. The summed E-state index contributed by atoms with van der Waals surface area (Å²) < 4.78 is 8.13. The van der Waals surface area contributed by atoms with Crippen LogP contribution in [0.1, 0.15) is 41.9 Å². The zero-order valence-corrected chi connectivity index (χ0v) is 9.45. The molecule has 0 rings (SSSR count). The van der Waals surface area contributed by atoms with Gasteiger partial charge in [-0.25, -0.2) is 0 Å². The number of rotatable bonds is 6. The lowest BCUT2D eigenvalue weighted by atomic mass is 10.4. The van der Waals surface area contributed by atoms with Gasteiger partial charge in [-0.3, -0.25) is 0 Å². The number of hydrogen-bond donors (Lipinski definition) is 0. The standard InChI is InChI=1S/C10H24P/c1-5-9-10-11(6-2,7-3)8-4/h5-10H2,1-4H3/q+1/i10D. The summed E-state index contributed by atoms with van der Waals surface area (Å²) in [6, 6.07) is 0. The molecule has 0 heterocycles. The molecule has 0 saturated heterocycles. The maximum atomic E-state index is 8.13. The summed E-state index contributed by atoms with van der Waals surface area (Å²) >= 11 is 0. The predicted molar refractivity (Wildman–Crippen MR) is 58.3 cm³/mol. The molecule has 68 valence electrons. The Labute approximate surface area is 74.5 Å². The van der Waals surface area contributed by atoms with Crippen LogP contribution in [0.25, 0.3) is 0 Å². The summed E-state index contributed by atoms with van der Waals surface area (Å²) in [5, 5.41) is 0. The van der Waals surface area contributed by atoms with E-state index in [9.17, 15) is 0 Å². The van der Waals surface area contributed by atoms with Gasteiger partial charge in [0.2, 0.25) is 0 Å². The van der Waals surface area contributed by atoms with Crippen molar-refractivity contribution >= 4 is 7.26 Å². The van der Waals surface area contributed by atoms with E-state index in [1.165, 1.54) is 24.9 Å². The van der Waals surface area contributed by atoms with Crippen molar-refractivity contribution in [2.45, 2.75) is 40.5 Å². The molecule has 0 radical (unpaired) electrons. The topological polar surface area (TPSA) is 0 Å². The van der Waals surface area contributed by atoms with E-state index in [0.717, 1.165) is 6.42 Å². The van der Waals surface area contributed by atoms with Crippen molar-refractivity contribution in [2.24, 2.45) is 0 Å². The van der Waals surface area contributed by atoms with Gasteiger partial charge < -0.3 is 0 Å². The van der Waals surface area contributed by atoms with Crippen LogP contribution in [0.15, 0.2) is 0 Å². The zero-order valence-electron chi connectivity index (χ0n) is 9.56. The molecule has 0 N–H and O–H groups in total. The van der Waals surface area contributed by atoms with Crippen molar-refractivity contribution in [3.8, 4) is 0 Å². The molecule has 11 heavy (non-hydrogen) atoms. The first kappa shape index (κ1) is 9.52. The van der Waals surface area contributed by atoms with Crippen LogP contribution in [0.3, 0.4) is 0 Å². The van der Waals surface area contributed by atoms with Crippen LogP contribution in [-0.4, -0.2) is 24.6 Å². The van der Waals surface area contributed by atoms with E-state index < -0.39 is 7.26 Å². The van der Waals surface area contributed by atoms with Crippen molar-refractivity contribution in [2.75, 3.05) is 24.6 Å². The second-order valence-corrected chi connectivity index (χ2v) is 7.84. The molecule has 1 atom stereocenters. The second-order valence-electron chi connectivity index (χ2n) is 3.14. The van der Waals surface area contributed by atoms with Gasteiger partial charge in [0.15, 0.2) is 0 Å². The fourth-order valence-electron chi connectivity index (χ4n) is 1.46. The highest BCUT2D eigenvalue weighted by Crippen LogP contribution is 2.58. The Balaban J connectivity index is 4.24. The quantitative estimate of drug-likeness (QED) is 0.539. The fraction of sp³-hybridized carbons (Fsp3) is 1.00. The molecular formula is C10H24P+. The Hall–Kier alpha value is 0.430. The third-order valence-electron chi connectivity index (χ3n) is 2.69. The molecular weight excluding hydrogens is 151 g/mol. The van der Waals surface area contributed by atoms with Crippen LogP contribution < -0.4 is 0 Å². The molecule has 0 aliphatic rings. The van der Waals surface area contributed by atoms with E-state index in [0.29, 0.717) is 0 Å². The molecule has 0 nitrogen and oxygen atoms in total.